The second kappa shape index (κ2) is 10.1. The zero-order chi connectivity index (χ0) is 23.1. The highest BCUT2D eigenvalue weighted by molar-refractivity contribution is 6.09. The van der Waals surface area contributed by atoms with E-state index in [1.807, 2.05) is 12.1 Å². The standard InChI is InChI=1S/C21H22N4O6/c1-4-30-20(27)13(10-23)18-17(21(28)31-5-2)16(12(9-22)19(24)25-18)11-6-7-14(26)15(8-11)29-3/h6-8,12-13,18,26H,4-5H2,1-3H3,(H2,24,25). The van der Waals surface area contributed by atoms with E-state index >= 15 is 0 Å². The van der Waals surface area contributed by atoms with E-state index in [4.69, 9.17) is 19.9 Å². The molecule has 0 saturated heterocycles. The molecule has 1 aliphatic heterocycles. The van der Waals surface area contributed by atoms with E-state index < -0.39 is 29.8 Å². The molecule has 162 valence electrons. The molecule has 31 heavy (non-hydrogen) atoms. The molecule has 3 N–H and O–H groups in total. The van der Waals surface area contributed by atoms with Crippen LogP contribution in [-0.2, 0) is 19.1 Å². The van der Waals surface area contributed by atoms with Gasteiger partial charge in [0.25, 0.3) is 0 Å². The van der Waals surface area contributed by atoms with Crippen LogP contribution in [0.4, 0.5) is 0 Å². The Bertz CT molecular complexity index is 1020. The molecular weight excluding hydrogens is 404 g/mol. The number of rotatable bonds is 7. The molecule has 0 aromatic heterocycles. The molecule has 0 radical (unpaired) electrons. The van der Waals surface area contributed by atoms with Crippen LogP contribution in [0, 0.1) is 34.5 Å². The SMILES string of the molecule is CCOC(=O)C1=C(c2ccc(O)c(OC)c2)C(C#N)C(N)=NC1C(C#N)C(=O)OCC. The van der Waals surface area contributed by atoms with Crippen LogP contribution in [0.3, 0.4) is 0 Å². The second-order valence-corrected chi connectivity index (χ2v) is 6.35. The molecular formula is C21H22N4O6. The van der Waals surface area contributed by atoms with Crippen LogP contribution in [-0.4, -0.2) is 49.2 Å². The summed E-state index contributed by atoms with van der Waals surface area (Å²) in [6.07, 6.45) is 0. The Morgan fingerprint density at radius 2 is 1.94 bits per heavy atom. The molecule has 0 saturated carbocycles. The number of esters is 2. The van der Waals surface area contributed by atoms with Crippen molar-refractivity contribution in [2.45, 2.75) is 19.9 Å². The Kier molecular flexibility index (Phi) is 7.58. The van der Waals surface area contributed by atoms with Gasteiger partial charge in [-0.2, -0.15) is 10.5 Å². The number of methoxy groups -OCH3 is 1. The van der Waals surface area contributed by atoms with Crippen LogP contribution < -0.4 is 10.5 Å². The third-order valence-electron chi connectivity index (χ3n) is 4.57. The number of carbonyl (C=O) groups is 2. The van der Waals surface area contributed by atoms with Gasteiger partial charge >= 0.3 is 11.9 Å². The van der Waals surface area contributed by atoms with Crippen LogP contribution in [0.25, 0.3) is 5.57 Å². The highest BCUT2D eigenvalue weighted by Crippen LogP contribution is 2.39. The number of ether oxygens (including phenoxy) is 3. The van der Waals surface area contributed by atoms with Crippen LogP contribution in [0.5, 0.6) is 11.5 Å². The number of aromatic hydroxyl groups is 1. The van der Waals surface area contributed by atoms with Gasteiger partial charge in [0.05, 0.1) is 38.0 Å². The maximum Gasteiger partial charge on any atom is 0.336 e. The highest BCUT2D eigenvalue weighted by Gasteiger charge is 2.43. The minimum atomic E-state index is -1.49. The number of phenols is 1. The van der Waals surface area contributed by atoms with E-state index in [2.05, 4.69) is 4.99 Å². The number of nitrogens with two attached hydrogens (primary N) is 1. The van der Waals surface area contributed by atoms with E-state index in [0.717, 1.165) is 0 Å². The minimum absolute atomic E-state index is 0.00821. The molecule has 1 heterocycles. The number of benzene rings is 1. The molecule has 1 aromatic rings. The molecule has 0 fully saturated rings. The van der Waals surface area contributed by atoms with Gasteiger partial charge in [0, 0.05) is 0 Å². The first kappa shape index (κ1) is 23.2. The van der Waals surface area contributed by atoms with Gasteiger partial charge in [0.1, 0.15) is 17.8 Å². The lowest BCUT2D eigenvalue weighted by Crippen LogP contribution is -2.40. The summed E-state index contributed by atoms with van der Waals surface area (Å²) < 4.78 is 15.2. The summed E-state index contributed by atoms with van der Waals surface area (Å²) in [5, 5.41) is 29.3. The molecule has 2 rings (SSSR count). The van der Waals surface area contributed by atoms with Crippen LogP contribution >= 0.6 is 0 Å². The van der Waals surface area contributed by atoms with E-state index in [-0.39, 0.29) is 41.7 Å². The summed E-state index contributed by atoms with van der Waals surface area (Å²) in [4.78, 5) is 29.5. The van der Waals surface area contributed by atoms with Crippen molar-refractivity contribution in [1.29, 1.82) is 10.5 Å². The number of hydrogen-bond acceptors (Lipinski definition) is 10. The largest absolute Gasteiger partial charge is 0.504 e. The minimum Gasteiger partial charge on any atom is -0.504 e. The first-order valence-corrected chi connectivity index (χ1v) is 9.42. The van der Waals surface area contributed by atoms with Crippen LogP contribution in [0.1, 0.15) is 19.4 Å². The number of nitrogens with zero attached hydrogens (tertiary/aromatic N) is 3. The van der Waals surface area contributed by atoms with Crippen molar-refractivity contribution in [3.63, 3.8) is 0 Å². The average Bonchev–Trinajstić information content (AvgIpc) is 2.74. The lowest BCUT2D eigenvalue weighted by atomic mass is 9.79. The summed E-state index contributed by atoms with van der Waals surface area (Å²) in [7, 11) is 1.34. The maximum absolute atomic E-state index is 12.9. The summed E-state index contributed by atoms with van der Waals surface area (Å²) in [6.45, 7) is 3.19. The molecule has 1 aliphatic rings. The third kappa shape index (κ3) is 4.59. The summed E-state index contributed by atoms with van der Waals surface area (Å²) >= 11 is 0. The molecule has 0 amide bonds. The fourth-order valence-electron chi connectivity index (χ4n) is 3.23. The summed E-state index contributed by atoms with van der Waals surface area (Å²) in [5.74, 6) is -4.63. The average molecular weight is 426 g/mol. The monoisotopic (exact) mass is 426 g/mol. The first-order valence-electron chi connectivity index (χ1n) is 9.42. The molecule has 0 bridgehead atoms. The fraction of sp³-hybridized carbons (Fsp3) is 0.381. The Morgan fingerprint density at radius 1 is 1.26 bits per heavy atom. The number of carbonyl (C=O) groups excluding carboxylic acids is 2. The van der Waals surface area contributed by atoms with Crippen molar-refractivity contribution in [1.82, 2.24) is 0 Å². The number of dihydropyridines is 1. The Balaban J connectivity index is 2.84. The first-order chi connectivity index (χ1) is 14.8. The van der Waals surface area contributed by atoms with Crippen molar-refractivity contribution in [2.75, 3.05) is 20.3 Å². The Hall–Kier alpha value is -4.05. The van der Waals surface area contributed by atoms with E-state index in [1.54, 1.807) is 13.8 Å². The molecule has 10 heteroatoms. The molecule has 1 aromatic carbocycles. The van der Waals surface area contributed by atoms with Gasteiger partial charge in [-0.25, -0.2) is 4.79 Å². The normalized spacial score (nSPS) is 18.8. The van der Waals surface area contributed by atoms with Crippen molar-refractivity contribution in [3.8, 4) is 23.6 Å². The molecule has 3 unspecified atom stereocenters. The molecule has 0 aliphatic carbocycles. The molecule has 10 nitrogen and oxygen atoms in total. The lowest BCUT2D eigenvalue weighted by molar-refractivity contribution is -0.146. The third-order valence-corrected chi connectivity index (χ3v) is 4.57. The zero-order valence-corrected chi connectivity index (χ0v) is 17.3. The van der Waals surface area contributed by atoms with Gasteiger partial charge in [-0.1, -0.05) is 6.07 Å². The second-order valence-electron chi connectivity index (χ2n) is 6.35. The highest BCUT2D eigenvalue weighted by atomic mass is 16.5. The van der Waals surface area contributed by atoms with Gasteiger partial charge in [-0.15, -0.1) is 0 Å². The van der Waals surface area contributed by atoms with Gasteiger partial charge in [-0.05, 0) is 37.1 Å². The quantitative estimate of drug-likeness (QED) is 0.610. The van der Waals surface area contributed by atoms with Crippen molar-refractivity contribution in [3.05, 3.63) is 29.3 Å². The smallest absolute Gasteiger partial charge is 0.336 e. The summed E-state index contributed by atoms with van der Waals surface area (Å²) in [5.41, 5.74) is 6.28. The van der Waals surface area contributed by atoms with Crippen LogP contribution in [0.2, 0.25) is 0 Å². The van der Waals surface area contributed by atoms with Crippen LogP contribution in [0.15, 0.2) is 28.8 Å². The number of nitriles is 2. The van der Waals surface area contributed by atoms with Gasteiger partial charge in [-0.3, -0.25) is 9.79 Å². The predicted molar refractivity (Wildman–Crippen MR) is 108 cm³/mol. The zero-order valence-electron chi connectivity index (χ0n) is 17.3. The van der Waals surface area contributed by atoms with Gasteiger partial charge in [0.15, 0.2) is 17.4 Å². The van der Waals surface area contributed by atoms with E-state index in [0.29, 0.717) is 5.56 Å². The van der Waals surface area contributed by atoms with E-state index in [9.17, 15) is 25.2 Å². The summed E-state index contributed by atoms with van der Waals surface area (Å²) in [6, 6.07) is 6.65. The number of aliphatic imine (C=N–C) groups is 1. The van der Waals surface area contributed by atoms with Crippen molar-refractivity contribution in [2.24, 2.45) is 22.6 Å². The molecule has 0 spiro atoms. The Morgan fingerprint density at radius 3 is 2.48 bits per heavy atom. The lowest BCUT2D eigenvalue weighted by Gasteiger charge is -2.29. The maximum atomic E-state index is 12.9. The number of hydrogen-bond donors (Lipinski definition) is 2. The molecule has 3 atom stereocenters. The van der Waals surface area contributed by atoms with Gasteiger partial charge in [0.2, 0.25) is 0 Å². The van der Waals surface area contributed by atoms with Crippen molar-refractivity contribution >= 4 is 23.3 Å². The van der Waals surface area contributed by atoms with Crippen molar-refractivity contribution < 1.29 is 28.9 Å². The van der Waals surface area contributed by atoms with Gasteiger partial charge < -0.3 is 25.1 Å². The van der Waals surface area contributed by atoms with E-state index in [1.165, 1.54) is 25.3 Å². The predicted octanol–water partition coefficient (Wildman–Crippen LogP) is 1.30. The topological polar surface area (TPSA) is 168 Å². The Labute approximate surface area is 179 Å². The number of amidine groups is 1. The number of phenolic OH excluding ortho intramolecular Hbond substituents is 1. The fourth-order valence-corrected chi connectivity index (χ4v) is 3.23.